The Morgan fingerprint density at radius 2 is 1.58 bits per heavy atom. The van der Waals surface area contributed by atoms with Crippen molar-refractivity contribution in [2.45, 2.75) is 58.0 Å². The Morgan fingerprint density at radius 3 is 2.27 bits per heavy atom. The van der Waals surface area contributed by atoms with Crippen molar-refractivity contribution >= 4 is 40.3 Å². The van der Waals surface area contributed by atoms with Gasteiger partial charge in [0.1, 0.15) is 4.08 Å². The summed E-state index contributed by atoms with van der Waals surface area (Å²) in [5, 5.41) is 11.5. The van der Waals surface area contributed by atoms with Crippen LogP contribution in [0.25, 0.3) is 10.8 Å². The number of carbonyl (C=O) groups is 1. The maximum atomic E-state index is 11.4. The molecule has 0 amide bonds. The van der Waals surface area contributed by atoms with E-state index in [1.54, 1.807) is 28.9 Å². The highest BCUT2D eigenvalue weighted by Gasteiger charge is 2.48. The molecule has 1 atom stereocenters. The standard InChI is InChI=1S/C29H34O2S2/c1-18-14-24-25(28(4,5)11-10-27(24,2)3)17-23(18)29(32-12-13-33-29)22-9-8-19-15-21(26(30)31)7-6-20(19)16-22/h6-9,15-18H,10-14H2,1-5H3,(H,30,31). The summed E-state index contributed by atoms with van der Waals surface area (Å²) in [6.07, 6.45) is 6.28. The summed E-state index contributed by atoms with van der Waals surface area (Å²) in [6, 6.07) is 12.1. The molecule has 1 aliphatic heterocycles. The second-order valence-corrected chi connectivity index (χ2v) is 14.1. The quantitative estimate of drug-likeness (QED) is 0.481. The Hall–Kier alpha value is -1.65. The van der Waals surface area contributed by atoms with Crippen molar-refractivity contribution in [1.29, 1.82) is 0 Å². The molecular weight excluding hydrogens is 444 g/mol. The SMILES string of the molecule is CC1CC2=C(C=C1C1(c3ccc4cc(C(=O)O)ccc4c3)SCCS1)C(C)(C)CCC2(C)C. The summed E-state index contributed by atoms with van der Waals surface area (Å²) in [4.78, 5) is 11.4. The third kappa shape index (κ3) is 3.78. The second kappa shape index (κ2) is 7.95. The van der Waals surface area contributed by atoms with Crippen LogP contribution in [0.4, 0.5) is 0 Å². The van der Waals surface area contributed by atoms with Crippen LogP contribution in [-0.4, -0.2) is 22.6 Å². The van der Waals surface area contributed by atoms with E-state index < -0.39 is 5.97 Å². The average Bonchev–Trinajstić information content (AvgIpc) is 3.27. The topological polar surface area (TPSA) is 37.3 Å². The molecule has 1 saturated heterocycles. The van der Waals surface area contributed by atoms with Crippen molar-refractivity contribution in [2.24, 2.45) is 16.7 Å². The number of thioether (sulfide) groups is 2. The van der Waals surface area contributed by atoms with Gasteiger partial charge in [-0.05, 0) is 81.7 Å². The zero-order valence-electron chi connectivity index (χ0n) is 20.3. The van der Waals surface area contributed by atoms with Crippen LogP contribution in [-0.2, 0) is 4.08 Å². The van der Waals surface area contributed by atoms with E-state index in [0.717, 1.165) is 28.7 Å². The number of hydrogen-bond donors (Lipinski definition) is 1. The van der Waals surface area contributed by atoms with E-state index >= 15 is 0 Å². The Bertz CT molecular complexity index is 1200. The monoisotopic (exact) mass is 478 g/mol. The van der Waals surface area contributed by atoms with Gasteiger partial charge < -0.3 is 5.11 Å². The van der Waals surface area contributed by atoms with Gasteiger partial charge >= 0.3 is 5.97 Å². The summed E-state index contributed by atoms with van der Waals surface area (Å²) >= 11 is 4.17. The van der Waals surface area contributed by atoms with Crippen molar-refractivity contribution in [3.05, 3.63) is 70.3 Å². The first-order chi connectivity index (χ1) is 15.5. The Kier molecular flexibility index (Phi) is 5.57. The predicted molar refractivity (Wildman–Crippen MR) is 143 cm³/mol. The number of allylic oxidation sites excluding steroid dienone is 3. The third-order valence-corrected chi connectivity index (χ3v) is 11.7. The van der Waals surface area contributed by atoms with Crippen molar-refractivity contribution in [3.8, 4) is 0 Å². The number of benzene rings is 2. The first kappa shape index (κ1) is 23.1. The molecule has 1 fully saturated rings. The molecule has 4 heteroatoms. The van der Waals surface area contributed by atoms with Crippen LogP contribution < -0.4 is 0 Å². The smallest absolute Gasteiger partial charge is 0.335 e. The Balaban J connectivity index is 1.65. The van der Waals surface area contributed by atoms with Gasteiger partial charge in [-0.3, -0.25) is 0 Å². The lowest BCUT2D eigenvalue weighted by atomic mass is 9.59. The Labute approximate surface area is 206 Å². The molecule has 2 nitrogen and oxygen atoms in total. The molecule has 0 aromatic heterocycles. The van der Waals surface area contributed by atoms with Gasteiger partial charge in [-0.2, -0.15) is 0 Å². The maximum Gasteiger partial charge on any atom is 0.335 e. The van der Waals surface area contributed by atoms with Crippen LogP contribution in [0, 0.1) is 16.7 Å². The second-order valence-electron chi connectivity index (χ2n) is 11.3. The van der Waals surface area contributed by atoms with Crippen LogP contribution in [0.1, 0.15) is 69.8 Å². The highest BCUT2D eigenvalue weighted by atomic mass is 32.2. The molecule has 1 N–H and O–H groups in total. The molecule has 0 bridgehead atoms. The fourth-order valence-corrected chi connectivity index (χ4v) is 9.50. The molecule has 33 heavy (non-hydrogen) atoms. The van der Waals surface area contributed by atoms with E-state index in [-0.39, 0.29) is 14.9 Å². The fraction of sp³-hybridized carbons (Fsp3) is 0.483. The van der Waals surface area contributed by atoms with E-state index in [9.17, 15) is 9.90 Å². The van der Waals surface area contributed by atoms with Crippen molar-refractivity contribution < 1.29 is 9.90 Å². The van der Waals surface area contributed by atoms with Gasteiger partial charge in [0.25, 0.3) is 0 Å². The molecule has 2 aliphatic carbocycles. The Morgan fingerprint density at radius 1 is 0.939 bits per heavy atom. The number of rotatable bonds is 3. The summed E-state index contributed by atoms with van der Waals surface area (Å²) in [5.41, 5.74) is 7.04. The van der Waals surface area contributed by atoms with Crippen LogP contribution in [0.15, 0.2) is 59.2 Å². The zero-order chi connectivity index (χ0) is 23.6. The maximum absolute atomic E-state index is 11.4. The lowest BCUT2D eigenvalue weighted by Gasteiger charge is -2.48. The molecule has 1 heterocycles. The predicted octanol–water partition coefficient (Wildman–Crippen LogP) is 8.28. The number of carboxylic acid groups (broad SMARTS) is 1. The first-order valence-corrected chi connectivity index (χ1v) is 14.0. The van der Waals surface area contributed by atoms with E-state index in [2.05, 4.69) is 82.4 Å². The zero-order valence-corrected chi connectivity index (χ0v) is 22.0. The summed E-state index contributed by atoms with van der Waals surface area (Å²) in [6.45, 7) is 12.2. The van der Waals surface area contributed by atoms with Crippen molar-refractivity contribution in [2.75, 3.05) is 11.5 Å². The number of fused-ring (bicyclic) bond motifs is 1. The first-order valence-electron chi connectivity index (χ1n) is 12.1. The average molecular weight is 479 g/mol. The third-order valence-electron chi connectivity index (χ3n) is 8.13. The number of carboxylic acids is 1. The molecule has 1 unspecified atom stereocenters. The largest absolute Gasteiger partial charge is 0.478 e. The molecule has 174 valence electrons. The van der Waals surface area contributed by atoms with E-state index in [1.165, 1.54) is 18.4 Å². The van der Waals surface area contributed by atoms with E-state index in [0.29, 0.717) is 11.5 Å². The van der Waals surface area contributed by atoms with Gasteiger partial charge in [-0.1, -0.05) is 64.5 Å². The summed E-state index contributed by atoms with van der Waals surface area (Å²) < 4.78 is -0.0602. The number of aromatic carboxylic acids is 1. The van der Waals surface area contributed by atoms with Crippen LogP contribution in [0.5, 0.6) is 0 Å². The molecule has 0 saturated carbocycles. The van der Waals surface area contributed by atoms with Crippen LogP contribution in [0.2, 0.25) is 0 Å². The minimum Gasteiger partial charge on any atom is -0.478 e. The molecule has 2 aromatic carbocycles. The summed E-state index contributed by atoms with van der Waals surface area (Å²) in [5.74, 6) is 1.96. The minimum absolute atomic E-state index is 0.0602. The van der Waals surface area contributed by atoms with E-state index in [1.807, 2.05) is 6.07 Å². The molecule has 5 rings (SSSR count). The van der Waals surface area contributed by atoms with Gasteiger partial charge in [0.2, 0.25) is 0 Å². The molecule has 2 aromatic rings. The van der Waals surface area contributed by atoms with Gasteiger partial charge in [-0.25, -0.2) is 4.79 Å². The lowest BCUT2D eigenvalue weighted by molar-refractivity contribution is 0.0697. The van der Waals surface area contributed by atoms with Gasteiger partial charge in [-0.15, -0.1) is 23.5 Å². The van der Waals surface area contributed by atoms with Gasteiger partial charge in [0.05, 0.1) is 5.56 Å². The fourth-order valence-electron chi connectivity index (χ4n) is 5.98. The van der Waals surface area contributed by atoms with Crippen molar-refractivity contribution in [1.82, 2.24) is 0 Å². The van der Waals surface area contributed by atoms with Gasteiger partial charge in [0, 0.05) is 11.5 Å². The highest BCUT2D eigenvalue weighted by molar-refractivity contribution is 8.20. The minimum atomic E-state index is -0.873. The molecule has 0 spiro atoms. The lowest BCUT2D eigenvalue weighted by Crippen LogP contribution is -2.35. The molecular formula is C29H34O2S2. The number of hydrogen-bond acceptors (Lipinski definition) is 3. The molecule has 0 radical (unpaired) electrons. The normalized spacial score (nSPS) is 25.6. The van der Waals surface area contributed by atoms with Crippen molar-refractivity contribution in [3.63, 3.8) is 0 Å². The summed E-state index contributed by atoms with van der Waals surface area (Å²) in [7, 11) is 0. The highest BCUT2D eigenvalue weighted by Crippen LogP contribution is 2.63. The van der Waals surface area contributed by atoms with Crippen LogP contribution >= 0.6 is 23.5 Å². The van der Waals surface area contributed by atoms with Gasteiger partial charge in [0.15, 0.2) is 0 Å². The molecule has 3 aliphatic rings. The van der Waals surface area contributed by atoms with E-state index in [4.69, 9.17) is 0 Å². The van der Waals surface area contributed by atoms with Crippen LogP contribution in [0.3, 0.4) is 0 Å².